The number of benzene rings is 1. The summed E-state index contributed by atoms with van der Waals surface area (Å²) < 4.78 is 25.3. The second-order valence-corrected chi connectivity index (χ2v) is 7.91. The summed E-state index contributed by atoms with van der Waals surface area (Å²) in [6, 6.07) is 7.51. The van der Waals surface area contributed by atoms with Crippen molar-refractivity contribution in [3.63, 3.8) is 0 Å². The Labute approximate surface area is 108 Å². The summed E-state index contributed by atoms with van der Waals surface area (Å²) in [6.07, 6.45) is 4.32. The third-order valence-corrected chi connectivity index (χ3v) is 7.13. The average molecular weight is 265 g/mol. The summed E-state index contributed by atoms with van der Waals surface area (Å²) in [7, 11) is -3.08. The first-order chi connectivity index (χ1) is 8.60. The highest BCUT2D eigenvalue weighted by Gasteiger charge is 2.43. The van der Waals surface area contributed by atoms with Crippen LogP contribution in [-0.4, -0.2) is 18.9 Å². The van der Waals surface area contributed by atoms with Gasteiger partial charge in [0.1, 0.15) is 0 Å². The molecule has 1 saturated carbocycles. The quantitative estimate of drug-likeness (QED) is 0.889. The van der Waals surface area contributed by atoms with E-state index in [1.807, 2.05) is 24.3 Å². The van der Waals surface area contributed by atoms with Crippen LogP contribution in [0.15, 0.2) is 24.3 Å². The topological polar surface area (TPSA) is 60.2 Å². The molecule has 3 nitrogen and oxygen atoms in total. The Kier molecular flexibility index (Phi) is 2.94. The number of hydrogen-bond donors (Lipinski definition) is 1. The molecular weight excluding hydrogens is 246 g/mol. The van der Waals surface area contributed by atoms with Gasteiger partial charge < -0.3 is 5.73 Å². The van der Waals surface area contributed by atoms with E-state index in [-0.39, 0.29) is 11.3 Å². The Balaban J connectivity index is 1.92. The Morgan fingerprint density at radius 1 is 1.11 bits per heavy atom. The van der Waals surface area contributed by atoms with E-state index < -0.39 is 15.1 Å². The van der Waals surface area contributed by atoms with E-state index in [1.165, 1.54) is 0 Å². The lowest BCUT2D eigenvalue weighted by molar-refractivity contribution is 0.549. The van der Waals surface area contributed by atoms with Gasteiger partial charge in [0.2, 0.25) is 0 Å². The highest BCUT2D eigenvalue weighted by atomic mass is 32.2. The van der Waals surface area contributed by atoms with Crippen molar-refractivity contribution in [1.29, 1.82) is 0 Å². The second-order valence-electron chi connectivity index (χ2n) is 5.46. The van der Waals surface area contributed by atoms with E-state index in [4.69, 9.17) is 5.73 Å². The van der Waals surface area contributed by atoms with E-state index in [1.54, 1.807) is 0 Å². The molecule has 0 heterocycles. The molecule has 2 unspecified atom stereocenters. The average Bonchev–Trinajstić information content (AvgIpc) is 2.98. The molecule has 1 aromatic carbocycles. The summed E-state index contributed by atoms with van der Waals surface area (Å²) in [5, 5.41) is -0.555. The fourth-order valence-electron chi connectivity index (χ4n) is 3.37. The first-order valence-electron chi connectivity index (χ1n) is 6.67. The smallest absolute Gasteiger partial charge is 0.158 e. The summed E-state index contributed by atoms with van der Waals surface area (Å²) in [5.74, 6) is 0. The molecule has 0 aliphatic heterocycles. The predicted octanol–water partition coefficient (Wildman–Crippen LogP) is 1.97. The fourth-order valence-corrected chi connectivity index (χ4v) is 5.83. The lowest BCUT2D eigenvalue weighted by Gasteiger charge is -2.21. The molecule has 0 aromatic heterocycles. The number of rotatable bonds is 2. The van der Waals surface area contributed by atoms with Crippen molar-refractivity contribution < 1.29 is 8.42 Å². The van der Waals surface area contributed by atoms with E-state index in [0.717, 1.165) is 36.8 Å². The minimum absolute atomic E-state index is 0.150. The van der Waals surface area contributed by atoms with Crippen LogP contribution in [0.5, 0.6) is 0 Å². The maximum atomic E-state index is 12.6. The van der Waals surface area contributed by atoms with Gasteiger partial charge in [0.15, 0.2) is 9.84 Å². The third kappa shape index (κ3) is 1.79. The minimum Gasteiger partial charge on any atom is -0.323 e. The number of nitrogens with two attached hydrogens (primary N) is 1. The van der Waals surface area contributed by atoms with Crippen LogP contribution >= 0.6 is 0 Å². The zero-order chi connectivity index (χ0) is 12.8. The maximum absolute atomic E-state index is 12.6. The Bertz CT molecular complexity index is 547. The van der Waals surface area contributed by atoms with Crippen LogP contribution in [0.1, 0.15) is 42.9 Å². The van der Waals surface area contributed by atoms with Crippen LogP contribution in [0.3, 0.4) is 0 Å². The molecule has 98 valence electrons. The normalized spacial score (nSPS) is 28.5. The third-order valence-electron chi connectivity index (χ3n) is 4.42. The van der Waals surface area contributed by atoms with E-state index >= 15 is 0 Å². The van der Waals surface area contributed by atoms with E-state index in [0.29, 0.717) is 6.42 Å². The van der Waals surface area contributed by atoms with Crippen molar-refractivity contribution in [2.75, 3.05) is 0 Å². The molecule has 0 bridgehead atoms. The molecule has 0 saturated heterocycles. The lowest BCUT2D eigenvalue weighted by Crippen LogP contribution is -2.36. The SMILES string of the molecule is NC1c2ccccc2CC1S(=O)(=O)C1CCCC1. The van der Waals surface area contributed by atoms with Gasteiger partial charge in [-0.25, -0.2) is 8.42 Å². The first kappa shape index (κ1) is 12.2. The number of sulfone groups is 1. The van der Waals surface area contributed by atoms with Crippen molar-refractivity contribution in [1.82, 2.24) is 0 Å². The van der Waals surface area contributed by atoms with Gasteiger partial charge in [-0.15, -0.1) is 0 Å². The van der Waals surface area contributed by atoms with Gasteiger partial charge in [-0.3, -0.25) is 0 Å². The fraction of sp³-hybridized carbons (Fsp3) is 0.571. The molecule has 2 atom stereocenters. The standard InChI is InChI=1S/C14H19NO2S/c15-14-12-8-4-1-5-10(12)9-13(14)18(16,17)11-6-2-3-7-11/h1,4-5,8,11,13-14H,2-3,6-7,9,15H2. The van der Waals surface area contributed by atoms with Crippen LogP contribution in [0.25, 0.3) is 0 Å². The van der Waals surface area contributed by atoms with Gasteiger partial charge in [0, 0.05) is 6.04 Å². The summed E-state index contributed by atoms with van der Waals surface area (Å²) >= 11 is 0. The zero-order valence-corrected chi connectivity index (χ0v) is 11.2. The largest absolute Gasteiger partial charge is 0.323 e. The molecule has 18 heavy (non-hydrogen) atoms. The van der Waals surface area contributed by atoms with Crippen molar-refractivity contribution in [3.8, 4) is 0 Å². The van der Waals surface area contributed by atoms with Crippen molar-refractivity contribution in [2.45, 2.75) is 48.6 Å². The highest BCUT2D eigenvalue weighted by Crippen LogP contribution is 2.38. The molecule has 0 spiro atoms. The van der Waals surface area contributed by atoms with Crippen molar-refractivity contribution >= 4 is 9.84 Å². The Morgan fingerprint density at radius 3 is 2.44 bits per heavy atom. The molecule has 2 N–H and O–H groups in total. The Morgan fingerprint density at radius 2 is 1.78 bits per heavy atom. The molecule has 4 heteroatoms. The van der Waals surface area contributed by atoms with Gasteiger partial charge in [-0.1, -0.05) is 37.1 Å². The molecule has 1 aromatic rings. The first-order valence-corrected chi connectivity index (χ1v) is 8.28. The molecule has 2 aliphatic carbocycles. The van der Waals surface area contributed by atoms with Gasteiger partial charge in [-0.05, 0) is 30.4 Å². The van der Waals surface area contributed by atoms with E-state index in [2.05, 4.69) is 0 Å². The molecular formula is C14H19NO2S. The van der Waals surface area contributed by atoms with Crippen LogP contribution < -0.4 is 5.73 Å². The van der Waals surface area contributed by atoms with Crippen LogP contribution in [0.4, 0.5) is 0 Å². The van der Waals surface area contributed by atoms with Gasteiger partial charge in [0.05, 0.1) is 10.5 Å². The number of hydrogen-bond acceptors (Lipinski definition) is 3. The predicted molar refractivity (Wildman–Crippen MR) is 72.0 cm³/mol. The molecule has 1 fully saturated rings. The molecule has 0 amide bonds. The molecule has 0 radical (unpaired) electrons. The zero-order valence-electron chi connectivity index (χ0n) is 10.4. The highest BCUT2D eigenvalue weighted by molar-refractivity contribution is 7.92. The summed E-state index contributed by atoms with van der Waals surface area (Å²) in [5.41, 5.74) is 8.29. The van der Waals surface area contributed by atoms with Crippen LogP contribution in [0.2, 0.25) is 0 Å². The van der Waals surface area contributed by atoms with Gasteiger partial charge in [0.25, 0.3) is 0 Å². The monoisotopic (exact) mass is 265 g/mol. The maximum Gasteiger partial charge on any atom is 0.158 e. The van der Waals surface area contributed by atoms with Crippen molar-refractivity contribution in [3.05, 3.63) is 35.4 Å². The summed E-state index contributed by atoms with van der Waals surface area (Å²) in [6.45, 7) is 0. The Hall–Kier alpha value is -0.870. The second kappa shape index (κ2) is 4.35. The van der Waals surface area contributed by atoms with Crippen LogP contribution in [-0.2, 0) is 16.3 Å². The van der Waals surface area contributed by atoms with E-state index in [9.17, 15) is 8.42 Å². The van der Waals surface area contributed by atoms with Crippen molar-refractivity contribution in [2.24, 2.45) is 5.73 Å². The molecule has 2 aliphatic rings. The van der Waals surface area contributed by atoms with Crippen LogP contribution in [0, 0.1) is 0 Å². The minimum atomic E-state index is -3.08. The number of fused-ring (bicyclic) bond motifs is 1. The lowest BCUT2D eigenvalue weighted by atomic mass is 10.1. The van der Waals surface area contributed by atoms with Gasteiger partial charge >= 0.3 is 0 Å². The summed E-state index contributed by atoms with van der Waals surface area (Å²) in [4.78, 5) is 0. The molecule has 3 rings (SSSR count). The van der Waals surface area contributed by atoms with Gasteiger partial charge in [-0.2, -0.15) is 0 Å².